The third-order valence-corrected chi connectivity index (χ3v) is 5.74. The van der Waals surface area contributed by atoms with Crippen molar-refractivity contribution in [2.75, 3.05) is 18.7 Å². The van der Waals surface area contributed by atoms with Crippen LogP contribution in [0.5, 0.6) is 0 Å². The van der Waals surface area contributed by atoms with Crippen LogP contribution in [0.2, 0.25) is 0 Å². The van der Waals surface area contributed by atoms with Gasteiger partial charge in [-0.2, -0.15) is 5.10 Å². The van der Waals surface area contributed by atoms with Gasteiger partial charge in [0.25, 0.3) is 5.91 Å². The SMILES string of the molecule is COC(=O)c1ccccc1-c1cc2ccc(NC(=O)c3ncnn3C)nc2n1S(C)(=O)=O. The number of fused-ring (bicyclic) bond motifs is 1. The van der Waals surface area contributed by atoms with Gasteiger partial charge in [-0.15, -0.1) is 0 Å². The van der Waals surface area contributed by atoms with Gasteiger partial charge in [0.05, 0.1) is 24.6 Å². The number of amides is 1. The van der Waals surface area contributed by atoms with E-state index in [9.17, 15) is 18.0 Å². The Bertz CT molecular complexity index is 1470. The molecule has 3 aromatic heterocycles. The lowest BCUT2D eigenvalue weighted by Crippen LogP contribution is -2.18. The Balaban J connectivity index is 1.88. The number of nitrogens with zero attached hydrogens (tertiary/aromatic N) is 5. The van der Waals surface area contributed by atoms with Crippen molar-refractivity contribution < 1.29 is 22.7 Å². The molecule has 1 amide bonds. The van der Waals surface area contributed by atoms with Gasteiger partial charge in [0.1, 0.15) is 12.1 Å². The number of benzene rings is 1. The van der Waals surface area contributed by atoms with Gasteiger partial charge in [-0.1, -0.05) is 18.2 Å². The van der Waals surface area contributed by atoms with Crippen molar-refractivity contribution >= 4 is 38.8 Å². The van der Waals surface area contributed by atoms with E-state index in [2.05, 4.69) is 20.4 Å². The lowest BCUT2D eigenvalue weighted by molar-refractivity contribution is 0.0601. The van der Waals surface area contributed by atoms with Crippen molar-refractivity contribution in [1.29, 1.82) is 0 Å². The van der Waals surface area contributed by atoms with E-state index in [1.165, 1.54) is 18.1 Å². The van der Waals surface area contributed by atoms with E-state index in [1.807, 2.05) is 0 Å². The van der Waals surface area contributed by atoms with Crippen molar-refractivity contribution in [3.63, 3.8) is 0 Å². The highest BCUT2D eigenvalue weighted by Crippen LogP contribution is 2.32. The first-order valence-corrected chi connectivity index (χ1v) is 11.1. The van der Waals surface area contributed by atoms with Crippen LogP contribution in [0, 0.1) is 0 Å². The number of methoxy groups -OCH3 is 1. The maximum absolute atomic E-state index is 12.7. The molecule has 12 heteroatoms. The van der Waals surface area contributed by atoms with E-state index >= 15 is 0 Å². The third kappa shape index (κ3) is 3.71. The fourth-order valence-electron chi connectivity index (χ4n) is 3.32. The number of hydrogen-bond donors (Lipinski definition) is 1. The molecule has 0 fully saturated rings. The Morgan fingerprint density at radius 1 is 1.12 bits per heavy atom. The number of nitrogens with one attached hydrogen (secondary N) is 1. The molecule has 32 heavy (non-hydrogen) atoms. The highest BCUT2D eigenvalue weighted by Gasteiger charge is 2.23. The molecule has 4 rings (SSSR count). The summed E-state index contributed by atoms with van der Waals surface area (Å²) >= 11 is 0. The standard InChI is InChI=1S/C20H18N6O5S/c1-25-18(21-11-22-25)19(27)24-16-9-8-12-10-15(26(17(12)23-16)32(3,29)30)13-6-4-5-7-14(13)20(28)31-2/h4-11H,1-3H3,(H,23,24,27). The first-order valence-electron chi connectivity index (χ1n) is 9.27. The van der Waals surface area contributed by atoms with Gasteiger partial charge in [0.15, 0.2) is 5.65 Å². The van der Waals surface area contributed by atoms with Crippen LogP contribution in [0.3, 0.4) is 0 Å². The summed E-state index contributed by atoms with van der Waals surface area (Å²) in [5, 5.41) is 6.93. The molecule has 0 aliphatic rings. The number of anilines is 1. The molecule has 1 aromatic carbocycles. The minimum atomic E-state index is -3.85. The molecule has 0 bridgehead atoms. The lowest BCUT2D eigenvalue weighted by Gasteiger charge is -2.11. The second-order valence-electron chi connectivity index (χ2n) is 6.86. The molecule has 1 N–H and O–H groups in total. The van der Waals surface area contributed by atoms with Crippen molar-refractivity contribution in [1.82, 2.24) is 23.7 Å². The van der Waals surface area contributed by atoms with Gasteiger partial charge < -0.3 is 10.1 Å². The fourth-order valence-corrected chi connectivity index (χ4v) is 4.28. The van der Waals surface area contributed by atoms with Crippen molar-refractivity contribution in [2.45, 2.75) is 0 Å². The van der Waals surface area contributed by atoms with E-state index in [1.54, 1.807) is 49.5 Å². The monoisotopic (exact) mass is 454 g/mol. The number of ether oxygens (including phenoxy) is 1. The van der Waals surface area contributed by atoms with E-state index in [0.717, 1.165) is 10.2 Å². The number of rotatable bonds is 5. The molecule has 3 heterocycles. The molecule has 0 spiro atoms. The summed E-state index contributed by atoms with van der Waals surface area (Å²) in [6.07, 6.45) is 2.27. The molecule has 0 unspecified atom stereocenters. The molecule has 0 saturated heterocycles. The van der Waals surface area contributed by atoms with Gasteiger partial charge in [0.2, 0.25) is 15.8 Å². The molecule has 11 nitrogen and oxygen atoms in total. The first kappa shape index (κ1) is 21.2. The van der Waals surface area contributed by atoms with Crippen molar-refractivity contribution in [3.05, 3.63) is 60.2 Å². The first-order chi connectivity index (χ1) is 15.2. The van der Waals surface area contributed by atoms with Crippen LogP contribution in [0.1, 0.15) is 21.0 Å². The van der Waals surface area contributed by atoms with Crippen LogP contribution in [-0.4, -0.2) is 57.4 Å². The lowest BCUT2D eigenvalue weighted by atomic mass is 10.0. The zero-order valence-corrected chi connectivity index (χ0v) is 18.1. The Morgan fingerprint density at radius 2 is 1.88 bits per heavy atom. The van der Waals surface area contributed by atoms with E-state index in [0.29, 0.717) is 10.9 Å². The Hall–Kier alpha value is -4.06. The van der Waals surface area contributed by atoms with Crippen LogP contribution in [0.15, 0.2) is 48.8 Å². The number of aryl methyl sites for hydroxylation is 1. The number of aromatic nitrogens is 5. The average Bonchev–Trinajstić information content (AvgIpc) is 3.36. The van der Waals surface area contributed by atoms with Gasteiger partial charge in [0, 0.05) is 18.0 Å². The number of hydrogen-bond acceptors (Lipinski definition) is 8. The minimum absolute atomic E-state index is 0.0677. The number of carbonyl (C=O) groups excluding carboxylic acids is 2. The van der Waals surface area contributed by atoms with Gasteiger partial charge in [-0.05, 0) is 24.3 Å². The van der Waals surface area contributed by atoms with Crippen LogP contribution in [-0.2, 0) is 21.8 Å². The highest BCUT2D eigenvalue weighted by atomic mass is 32.2. The molecule has 0 radical (unpaired) electrons. The maximum atomic E-state index is 12.7. The maximum Gasteiger partial charge on any atom is 0.338 e. The fraction of sp³-hybridized carbons (Fsp3) is 0.150. The van der Waals surface area contributed by atoms with Gasteiger partial charge in [-0.3, -0.25) is 4.79 Å². The summed E-state index contributed by atoms with van der Waals surface area (Å²) in [5.74, 6) is -0.958. The summed E-state index contributed by atoms with van der Waals surface area (Å²) < 4.78 is 32.6. The summed E-state index contributed by atoms with van der Waals surface area (Å²) in [6.45, 7) is 0. The average molecular weight is 454 g/mol. The molecule has 0 aliphatic carbocycles. The van der Waals surface area contributed by atoms with Crippen molar-refractivity contribution in [3.8, 4) is 11.3 Å². The van der Waals surface area contributed by atoms with Crippen LogP contribution < -0.4 is 5.32 Å². The number of carbonyl (C=O) groups is 2. The molecule has 0 atom stereocenters. The van der Waals surface area contributed by atoms with E-state index in [-0.39, 0.29) is 28.5 Å². The van der Waals surface area contributed by atoms with Crippen LogP contribution in [0.4, 0.5) is 5.82 Å². The largest absolute Gasteiger partial charge is 0.465 e. The Morgan fingerprint density at radius 3 is 2.53 bits per heavy atom. The quantitative estimate of drug-likeness (QED) is 0.450. The highest BCUT2D eigenvalue weighted by molar-refractivity contribution is 7.89. The minimum Gasteiger partial charge on any atom is -0.465 e. The normalized spacial score (nSPS) is 11.5. The van der Waals surface area contributed by atoms with Gasteiger partial charge in [-0.25, -0.2) is 31.8 Å². The Labute approximate surface area is 182 Å². The molecular formula is C20H18N6O5S. The molecule has 164 valence electrons. The topological polar surface area (TPSA) is 138 Å². The molecule has 0 aliphatic heterocycles. The second kappa shape index (κ2) is 7.89. The molecule has 4 aromatic rings. The van der Waals surface area contributed by atoms with Crippen molar-refractivity contribution in [2.24, 2.45) is 7.05 Å². The summed E-state index contributed by atoms with van der Waals surface area (Å²) in [6, 6.07) is 11.3. The Kier molecular flexibility index (Phi) is 5.22. The summed E-state index contributed by atoms with van der Waals surface area (Å²) in [5.41, 5.74) is 0.914. The summed E-state index contributed by atoms with van der Waals surface area (Å²) in [7, 11) is -1.03. The van der Waals surface area contributed by atoms with Gasteiger partial charge >= 0.3 is 5.97 Å². The second-order valence-corrected chi connectivity index (χ2v) is 8.70. The zero-order valence-electron chi connectivity index (χ0n) is 17.3. The molecule has 0 saturated carbocycles. The number of esters is 1. The zero-order chi connectivity index (χ0) is 23.0. The summed E-state index contributed by atoms with van der Waals surface area (Å²) in [4.78, 5) is 32.9. The predicted molar refractivity (Wildman–Crippen MR) is 116 cm³/mol. The predicted octanol–water partition coefficient (Wildman–Crippen LogP) is 1.68. The van der Waals surface area contributed by atoms with Crippen LogP contribution >= 0.6 is 0 Å². The smallest absolute Gasteiger partial charge is 0.338 e. The molecular weight excluding hydrogens is 436 g/mol. The van der Waals surface area contributed by atoms with E-state index in [4.69, 9.17) is 4.74 Å². The van der Waals surface area contributed by atoms with E-state index < -0.39 is 21.9 Å². The third-order valence-electron chi connectivity index (χ3n) is 4.70. The number of pyridine rings is 1. The van der Waals surface area contributed by atoms with Crippen LogP contribution in [0.25, 0.3) is 22.3 Å².